The molecule has 1 N–H and O–H groups in total. The Morgan fingerprint density at radius 3 is 2.60 bits per heavy atom. The van der Waals surface area contributed by atoms with Crippen LogP contribution in [0.15, 0.2) is 53.5 Å². The quantitative estimate of drug-likeness (QED) is 0.773. The van der Waals surface area contributed by atoms with Gasteiger partial charge in [-0.2, -0.15) is 9.78 Å². The molecule has 0 saturated heterocycles. The highest BCUT2D eigenvalue weighted by atomic mass is 16.5. The van der Waals surface area contributed by atoms with Crippen molar-refractivity contribution in [3.8, 4) is 17.2 Å². The van der Waals surface area contributed by atoms with Crippen LogP contribution >= 0.6 is 0 Å². The van der Waals surface area contributed by atoms with E-state index in [4.69, 9.17) is 4.74 Å². The monoisotopic (exact) mass is 268 g/mol. The molecule has 5 nitrogen and oxygen atoms in total. The van der Waals surface area contributed by atoms with Gasteiger partial charge in [0.25, 0.3) is 5.56 Å². The standard InChI is InChI=1S/C15H12N2O3/c1-20-12-8-7-10-9-16-17(11-5-3-2-4-6-11)15(19)13(10)14(12)18/h2-9,18H,1H3. The zero-order valence-electron chi connectivity index (χ0n) is 10.8. The first-order chi connectivity index (χ1) is 9.72. The number of hydrogen-bond donors (Lipinski definition) is 1. The summed E-state index contributed by atoms with van der Waals surface area (Å²) in [5.41, 5.74) is 0.256. The second kappa shape index (κ2) is 4.70. The molecule has 0 atom stereocenters. The van der Waals surface area contributed by atoms with Crippen molar-refractivity contribution >= 4 is 10.8 Å². The van der Waals surface area contributed by atoms with Gasteiger partial charge in [0.2, 0.25) is 0 Å². The van der Waals surface area contributed by atoms with E-state index in [0.29, 0.717) is 11.1 Å². The lowest BCUT2D eigenvalue weighted by Gasteiger charge is -2.09. The summed E-state index contributed by atoms with van der Waals surface area (Å²) >= 11 is 0. The third-order valence-electron chi connectivity index (χ3n) is 3.11. The molecular formula is C15H12N2O3. The maximum Gasteiger partial charge on any atom is 0.283 e. The molecule has 20 heavy (non-hydrogen) atoms. The van der Waals surface area contributed by atoms with Crippen molar-refractivity contribution in [3.63, 3.8) is 0 Å². The Morgan fingerprint density at radius 1 is 1.15 bits per heavy atom. The molecule has 0 fully saturated rings. The highest BCUT2D eigenvalue weighted by Gasteiger charge is 2.13. The fraction of sp³-hybridized carbons (Fsp3) is 0.0667. The second-order valence-corrected chi connectivity index (χ2v) is 4.28. The zero-order chi connectivity index (χ0) is 14.1. The van der Waals surface area contributed by atoms with Crippen molar-refractivity contribution in [1.29, 1.82) is 0 Å². The second-order valence-electron chi connectivity index (χ2n) is 4.28. The molecule has 3 aromatic rings. The number of aromatic hydroxyl groups is 1. The third-order valence-corrected chi connectivity index (χ3v) is 3.11. The van der Waals surface area contributed by atoms with E-state index >= 15 is 0 Å². The Labute approximate surface area is 114 Å². The van der Waals surface area contributed by atoms with Crippen LogP contribution < -0.4 is 10.3 Å². The van der Waals surface area contributed by atoms with Crippen LogP contribution in [0.25, 0.3) is 16.5 Å². The van der Waals surface area contributed by atoms with Gasteiger partial charge < -0.3 is 9.84 Å². The Morgan fingerprint density at radius 2 is 1.90 bits per heavy atom. The van der Waals surface area contributed by atoms with E-state index in [1.165, 1.54) is 11.8 Å². The average molecular weight is 268 g/mol. The average Bonchev–Trinajstić information content (AvgIpc) is 2.48. The topological polar surface area (TPSA) is 64.4 Å². The van der Waals surface area contributed by atoms with Crippen LogP contribution in [-0.2, 0) is 0 Å². The van der Waals surface area contributed by atoms with Crippen LogP contribution in [0, 0.1) is 0 Å². The number of methoxy groups -OCH3 is 1. The SMILES string of the molecule is COc1ccc2cnn(-c3ccccc3)c(=O)c2c1O. The third kappa shape index (κ3) is 1.80. The van der Waals surface area contributed by atoms with Gasteiger partial charge in [-0.25, -0.2) is 0 Å². The maximum absolute atomic E-state index is 12.5. The number of phenols is 1. The minimum atomic E-state index is -0.384. The predicted molar refractivity (Wildman–Crippen MR) is 75.6 cm³/mol. The lowest BCUT2D eigenvalue weighted by Crippen LogP contribution is -2.21. The van der Waals surface area contributed by atoms with Gasteiger partial charge in [-0.1, -0.05) is 18.2 Å². The van der Waals surface area contributed by atoms with Gasteiger partial charge in [-0.3, -0.25) is 4.79 Å². The Balaban J connectivity index is 2.36. The summed E-state index contributed by atoms with van der Waals surface area (Å²) in [6.07, 6.45) is 1.54. The number of hydrogen-bond acceptors (Lipinski definition) is 4. The van der Waals surface area contributed by atoms with E-state index in [-0.39, 0.29) is 22.4 Å². The molecule has 0 aliphatic rings. The van der Waals surface area contributed by atoms with Crippen LogP contribution in [0.5, 0.6) is 11.5 Å². The largest absolute Gasteiger partial charge is 0.504 e. The van der Waals surface area contributed by atoms with Crippen molar-refractivity contribution in [3.05, 3.63) is 59.0 Å². The Bertz CT molecular complexity index is 826. The summed E-state index contributed by atoms with van der Waals surface area (Å²) in [6, 6.07) is 12.3. The van der Waals surface area contributed by atoms with Gasteiger partial charge in [-0.05, 0) is 24.3 Å². The molecule has 0 amide bonds. The van der Waals surface area contributed by atoms with Gasteiger partial charge in [0.05, 0.1) is 24.4 Å². The first-order valence-corrected chi connectivity index (χ1v) is 6.06. The maximum atomic E-state index is 12.5. The summed E-state index contributed by atoms with van der Waals surface area (Å²) in [4.78, 5) is 12.5. The van der Waals surface area contributed by atoms with Crippen LogP contribution in [0.4, 0.5) is 0 Å². The van der Waals surface area contributed by atoms with Crippen LogP contribution in [-0.4, -0.2) is 22.0 Å². The van der Waals surface area contributed by atoms with E-state index < -0.39 is 0 Å². The van der Waals surface area contributed by atoms with Gasteiger partial charge in [0.15, 0.2) is 11.5 Å². The number of phenolic OH excluding ortho intramolecular Hbond substituents is 1. The van der Waals surface area contributed by atoms with Crippen molar-refractivity contribution in [2.75, 3.05) is 7.11 Å². The van der Waals surface area contributed by atoms with Gasteiger partial charge in [-0.15, -0.1) is 0 Å². The molecule has 0 unspecified atom stereocenters. The molecule has 1 heterocycles. The first-order valence-electron chi connectivity index (χ1n) is 6.06. The van der Waals surface area contributed by atoms with Crippen molar-refractivity contribution in [1.82, 2.24) is 9.78 Å². The lowest BCUT2D eigenvalue weighted by molar-refractivity contribution is 0.376. The zero-order valence-corrected chi connectivity index (χ0v) is 10.8. The van der Waals surface area contributed by atoms with Gasteiger partial charge >= 0.3 is 0 Å². The summed E-state index contributed by atoms with van der Waals surface area (Å²) in [7, 11) is 1.44. The minimum absolute atomic E-state index is 0.165. The lowest BCUT2D eigenvalue weighted by atomic mass is 10.1. The molecule has 0 aliphatic carbocycles. The minimum Gasteiger partial charge on any atom is -0.504 e. The highest BCUT2D eigenvalue weighted by molar-refractivity contribution is 5.89. The van der Waals surface area contributed by atoms with E-state index in [9.17, 15) is 9.90 Å². The number of ether oxygens (including phenoxy) is 1. The molecule has 3 rings (SSSR count). The predicted octanol–water partition coefficient (Wildman–Crippen LogP) is 2.10. The number of nitrogens with zero attached hydrogens (tertiary/aromatic N) is 2. The van der Waals surface area contributed by atoms with Crippen molar-refractivity contribution in [2.45, 2.75) is 0 Å². The molecule has 5 heteroatoms. The molecule has 1 aromatic heterocycles. The molecule has 0 radical (unpaired) electrons. The molecule has 100 valence electrons. The highest BCUT2D eigenvalue weighted by Crippen LogP contribution is 2.31. The van der Waals surface area contributed by atoms with E-state index in [1.54, 1.807) is 30.5 Å². The molecule has 2 aromatic carbocycles. The smallest absolute Gasteiger partial charge is 0.283 e. The van der Waals surface area contributed by atoms with Crippen molar-refractivity contribution in [2.24, 2.45) is 0 Å². The molecule has 0 spiro atoms. The fourth-order valence-corrected chi connectivity index (χ4v) is 2.12. The Kier molecular flexibility index (Phi) is 2.87. The molecule has 0 bridgehead atoms. The number of benzene rings is 2. The van der Waals surface area contributed by atoms with Crippen molar-refractivity contribution < 1.29 is 9.84 Å². The van der Waals surface area contributed by atoms with Gasteiger partial charge in [0.1, 0.15) is 0 Å². The van der Waals surface area contributed by atoms with Crippen LogP contribution in [0.3, 0.4) is 0 Å². The summed E-state index contributed by atoms with van der Waals surface area (Å²) < 4.78 is 6.29. The Hall–Kier alpha value is -2.82. The molecular weight excluding hydrogens is 256 g/mol. The number of para-hydroxylation sites is 1. The number of aromatic nitrogens is 2. The molecule has 0 saturated carbocycles. The molecule has 0 aliphatic heterocycles. The van der Waals surface area contributed by atoms with E-state index in [1.807, 2.05) is 18.2 Å². The normalized spacial score (nSPS) is 10.7. The van der Waals surface area contributed by atoms with E-state index in [0.717, 1.165) is 0 Å². The van der Waals surface area contributed by atoms with Crippen LogP contribution in [0.2, 0.25) is 0 Å². The summed E-state index contributed by atoms with van der Waals surface area (Å²) in [6.45, 7) is 0. The van der Waals surface area contributed by atoms with Gasteiger partial charge in [0, 0.05) is 5.39 Å². The number of rotatable bonds is 2. The van der Waals surface area contributed by atoms with E-state index in [2.05, 4.69) is 5.10 Å². The fourth-order valence-electron chi connectivity index (χ4n) is 2.12. The number of fused-ring (bicyclic) bond motifs is 1. The van der Waals surface area contributed by atoms with Crippen LogP contribution in [0.1, 0.15) is 0 Å². The summed E-state index contributed by atoms with van der Waals surface area (Å²) in [5.74, 6) is 0.0995. The first kappa shape index (κ1) is 12.2. The summed E-state index contributed by atoms with van der Waals surface area (Å²) in [5, 5.41) is 15.0.